The van der Waals surface area contributed by atoms with E-state index in [1.54, 1.807) is 0 Å². The van der Waals surface area contributed by atoms with Crippen LogP contribution >= 0.6 is 7.82 Å². The molecule has 3 atom stereocenters. The van der Waals surface area contributed by atoms with Gasteiger partial charge in [0, 0.05) is 6.42 Å². The number of nitrogens with one attached hydrogen (secondary N) is 1. The summed E-state index contributed by atoms with van der Waals surface area (Å²) in [4.78, 5) is 25.5. The van der Waals surface area contributed by atoms with Crippen molar-refractivity contribution in [1.29, 1.82) is 0 Å². The van der Waals surface area contributed by atoms with Gasteiger partial charge in [0.05, 0.1) is 39.9 Å². The average molecular weight is 897 g/mol. The number of hydrogen-bond acceptors (Lipinski definition) is 6. The molecule has 0 heterocycles. The normalized spacial score (nSPS) is 14.2. The zero-order valence-electron chi connectivity index (χ0n) is 41.8. The van der Waals surface area contributed by atoms with E-state index in [0.717, 1.165) is 44.9 Å². The number of amides is 1. The monoisotopic (exact) mass is 897 g/mol. The van der Waals surface area contributed by atoms with Gasteiger partial charge in [0.1, 0.15) is 13.2 Å². The van der Waals surface area contributed by atoms with Crippen molar-refractivity contribution < 1.29 is 32.9 Å². The Morgan fingerprint density at radius 2 is 0.935 bits per heavy atom. The fraction of sp³-hybridized carbons (Fsp3) is 0.906. The molecule has 0 bridgehead atoms. The highest BCUT2D eigenvalue weighted by Gasteiger charge is 2.24. The summed E-state index contributed by atoms with van der Waals surface area (Å²) in [6.07, 6.45) is 54.8. The SMILES string of the molecule is CCCCCCCCCCC/C=C\C/C=C\CCCCCCCCCCCC(=O)NC(COP(=O)([O-])OCC[N+](C)(C)C)C(O)CCCCCCCCCCCCCCCCC. The summed E-state index contributed by atoms with van der Waals surface area (Å²) in [7, 11) is 1.31. The largest absolute Gasteiger partial charge is 0.756 e. The highest BCUT2D eigenvalue weighted by atomic mass is 31.2. The number of nitrogens with zero attached hydrogens (tertiary/aromatic N) is 1. The molecule has 368 valence electrons. The Hall–Kier alpha value is -1.02. The predicted octanol–water partition coefficient (Wildman–Crippen LogP) is 15.0. The number of allylic oxidation sites excluding steroid dienone is 4. The first-order chi connectivity index (χ1) is 30.0. The maximum Gasteiger partial charge on any atom is 0.268 e. The van der Waals surface area contributed by atoms with Crippen LogP contribution in [0, 0.1) is 0 Å². The Kier molecular flexibility index (Phi) is 44.4. The van der Waals surface area contributed by atoms with Gasteiger partial charge in [0.25, 0.3) is 7.82 Å². The molecule has 0 aliphatic carbocycles. The lowest BCUT2D eigenvalue weighted by Crippen LogP contribution is -2.46. The van der Waals surface area contributed by atoms with E-state index >= 15 is 0 Å². The van der Waals surface area contributed by atoms with Gasteiger partial charge in [-0.1, -0.05) is 231 Å². The molecule has 0 aromatic heterocycles. The van der Waals surface area contributed by atoms with E-state index in [4.69, 9.17) is 9.05 Å². The molecule has 0 rings (SSSR count). The van der Waals surface area contributed by atoms with Crippen molar-refractivity contribution in [3.8, 4) is 0 Å². The third kappa shape index (κ3) is 47.0. The number of quaternary nitrogens is 1. The summed E-state index contributed by atoms with van der Waals surface area (Å²) in [5.41, 5.74) is 0. The second kappa shape index (κ2) is 45.1. The van der Waals surface area contributed by atoms with Crippen LogP contribution in [0.4, 0.5) is 0 Å². The number of phosphoric acid groups is 1. The first-order valence-electron chi connectivity index (χ1n) is 26.7. The highest BCUT2D eigenvalue weighted by Crippen LogP contribution is 2.38. The molecule has 0 fully saturated rings. The minimum Gasteiger partial charge on any atom is -0.756 e. The Labute approximate surface area is 385 Å². The van der Waals surface area contributed by atoms with Gasteiger partial charge >= 0.3 is 0 Å². The van der Waals surface area contributed by atoms with Crippen molar-refractivity contribution >= 4 is 13.7 Å². The van der Waals surface area contributed by atoms with E-state index in [1.807, 2.05) is 21.1 Å². The number of carbonyl (C=O) groups excluding carboxylic acids is 1. The molecule has 0 saturated carbocycles. The van der Waals surface area contributed by atoms with E-state index in [-0.39, 0.29) is 19.1 Å². The molecule has 8 nitrogen and oxygen atoms in total. The van der Waals surface area contributed by atoms with Gasteiger partial charge in [-0.15, -0.1) is 0 Å². The Bertz CT molecular complexity index is 1060. The number of aliphatic hydroxyl groups is 1. The topological polar surface area (TPSA) is 108 Å². The van der Waals surface area contributed by atoms with Crippen LogP contribution in [0.3, 0.4) is 0 Å². The summed E-state index contributed by atoms with van der Waals surface area (Å²) >= 11 is 0. The van der Waals surface area contributed by atoms with E-state index in [9.17, 15) is 19.4 Å². The summed E-state index contributed by atoms with van der Waals surface area (Å²) in [5.74, 6) is -0.167. The first kappa shape index (κ1) is 61.0. The zero-order valence-corrected chi connectivity index (χ0v) is 42.7. The lowest BCUT2D eigenvalue weighted by atomic mass is 10.0. The molecule has 0 aromatic carbocycles. The second-order valence-electron chi connectivity index (χ2n) is 19.6. The van der Waals surface area contributed by atoms with Gasteiger partial charge < -0.3 is 28.8 Å². The van der Waals surface area contributed by atoms with Crippen LogP contribution in [0.1, 0.15) is 258 Å². The number of rotatable bonds is 49. The molecule has 62 heavy (non-hydrogen) atoms. The number of unbranched alkanes of at least 4 members (excludes halogenated alkanes) is 32. The second-order valence-corrected chi connectivity index (χ2v) is 21.0. The smallest absolute Gasteiger partial charge is 0.268 e. The molecule has 2 N–H and O–H groups in total. The van der Waals surface area contributed by atoms with Crippen molar-refractivity contribution in [3.05, 3.63) is 24.3 Å². The predicted molar refractivity (Wildman–Crippen MR) is 265 cm³/mol. The number of likely N-dealkylation sites (N-methyl/N-ethyl adjacent to an activating group) is 1. The summed E-state index contributed by atoms with van der Waals surface area (Å²) in [6.45, 7) is 4.74. The maximum absolute atomic E-state index is 12.9. The van der Waals surface area contributed by atoms with Gasteiger partial charge in [-0.3, -0.25) is 9.36 Å². The van der Waals surface area contributed by atoms with Gasteiger partial charge in [-0.05, 0) is 44.9 Å². The third-order valence-corrected chi connectivity index (χ3v) is 13.2. The average Bonchev–Trinajstić information content (AvgIpc) is 3.23. The molecular weight excluding hydrogens is 792 g/mol. The quantitative estimate of drug-likeness (QED) is 0.0273. The van der Waals surface area contributed by atoms with Gasteiger partial charge in [-0.25, -0.2) is 0 Å². The standard InChI is InChI=1S/C53H105N2O6P/c1-6-8-10-12-14-16-18-20-22-23-24-25-26-27-28-29-30-31-33-35-37-39-41-43-45-47-53(57)54-51(50-61-62(58,59)60-49-48-55(3,4)5)52(56)46-44-42-40-38-36-34-32-21-19-17-15-13-11-9-7-2/h24-25,27-28,51-52,56H,6-23,26,29-50H2,1-5H3,(H-,54,57,58,59)/b25-24-,28-27-. The molecule has 9 heteroatoms. The maximum atomic E-state index is 12.9. The van der Waals surface area contributed by atoms with E-state index in [2.05, 4.69) is 43.5 Å². The molecule has 0 saturated heterocycles. The summed E-state index contributed by atoms with van der Waals surface area (Å²) in [6, 6.07) is -0.801. The zero-order chi connectivity index (χ0) is 45.7. The first-order valence-corrected chi connectivity index (χ1v) is 28.1. The van der Waals surface area contributed by atoms with Crippen LogP contribution in [0.15, 0.2) is 24.3 Å². The van der Waals surface area contributed by atoms with E-state index < -0.39 is 20.0 Å². The van der Waals surface area contributed by atoms with Crippen molar-refractivity contribution in [1.82, 2.24) is 5.32 Å². The Morgan fingerprint density at radius 1 is 0.565 bits per heavy atom. The molecule has 0 aliphatic rings. The van der Waals surface area contributed by atoms with Crippen molar-refractivity contribution in [2.45, 2.75) is 270 Å². The number of carbonyl (C=O) groups is 1. The lowest BCUT2D eigenvalue weighted by Gasteiger charge is -2.30. The van der Waals surface area contributed by atoms with Gasteiger partial charge in [0.2, 0.25) is 5.91 Å². The number of hydrogen-bond donors (Lipinski definition) is 2. The molecule has 3 unspecified atom stereocenters. The number of aliphatic hydroxyl groups excluding tert-OH is 1. The highest BCUT2D eigenvalue weighted by molar-refractivity contribution is 7.45. The molecule has 0 radical (unpaired) electrons. The van der Waals surface area contributed by atoms with E-state index in [0.29, 0.717) is 23.9 Å². The third-order valence-electron chi connectivity index (χ3n) is 12.2. The number of phosphoric ester groups is 1. The fourth-order valence-corrected chi connectivity index (χ4v) is 8.68. The van der Waals surface area contributed by atoms with Crippen LogP contribution in [-0.4, -0.2) is 68.5 Å². The van der Waals surface area contributed by atoms with Crippen LogP contribution in [0.5, 0.6) is 0 Å². The van der Waals surface area contributed by atoms with Crippen molar-refractivity contribution in [2.24, 2.45) is 0 Å². The van der Waals surface area contributed by atoms with Gasteiger partial charge in [0.15, 0.2) is 0 Å². The molecule has 0 spiro atoms. The lowest BCUT2D eigenvalue weighted by molar-refractivity contribution is -0.870. The Morgan fingerprint density at radius 3 is 1.34 bits per heavy atom. The fourth-order valence-electron chi connectivity index (χ4n) is 7.95. The Balaban J connectivity index is 4.19. The van der Waals surface area contributed by atoms with Crippen molar-refractivity contribution in [3.63, 3.8) is 0 Å². The summed E-state index contributed by atoms with van der Waals surface area (Å²) < 4.78 is 23.4. The molecular formula is C53H105N2O6P. The van der Waals surface area contributed by atoms with Crippen LogP contribution < -0.4 is 10.2 Å². The molecule has 0 aliphatic heterocycles. The summed E-state index contributed by atoms with van der Waals surface area (Å²) in [5, 5.41) is 14.0. The molecule has 0 aromatic rings. The van der Waals surface area contributed by atoms with Crippen LogP contribution in [0.25, 0.3) is 0 Å². The van der Waals surface area contributed by atoms with E-state index in [1.165, 1.54) is 186 Å². The van der Waals surface area contributed by atoms with Crippen LogP contribution in [-0.2, 0) is 18.4 Å². The molecule has 1 amide bonds. The van der Waals surface area contributed by atoms with Crippen molar-refractivity contribution in [2.75, 3.05) is 40.9 Å². The minimum atomic E-state index is -4.57. The minimum absolute atomic E-state index is 0.0122. The van der Waals surface area contributed by atoms with Gasteiger partial charge in [-0.2, -0.15) is 0 Å². The van der Waals surface area contributed by atoms with Crippen LogP contribution in [0.2, 0.25) is 0 Å².